The summed E-state index contributed by atoms with van der Waals surface area (Å²) in [6, 6.07) is 13.5. The Hall–Kier alpha value is -2.82. The van der Waals surface area contributed by atoms with Crippen molar-refractivity contribution in [3.8, 4) is 5.75 Å². The van der Waals surface area contributed by atoms with Crippen LogP contribution < -0.4 is 4.74 Å². The Labute approximate surface area is 147 Å². The molecule has 0 saturated carbocycles. The zero-order chi connectivity index (χ0) is 17.8. The van der Waals surface area contributed by atoms with Gasteiger partial charge in [0.2, 0.25) is 0 Å². The third-order valence-corrected chi connectivity index (χ3v) is 4.18. The number of methoxy groups -OCH3 is 1. The van der Waals surface area contributed by atoms with Crippen LogP contribution in [0.5, 0.6) is 5.75 Å². The second-order valence-electron chi connectivity index (χ2n) is 5.72. The number of hydrogen-bond acceptors (Lipinski definition) is 4. The standard InChI is InChI=1S/C20H22N2O3/c1-4-22-18-11-8-15(20(23)25-5-2)13-17(18)21-19(22)12-14-6-9-16(24-3)10-7-14/h6-11,13H,4-5,12H2,1-3H3. The molecular formula is C20H22N2O3. The fourth-order valence-electron chi connectivity index (χ4n) is 2.93. The number of rotatable bonds is 6. The highest BCUT2D eigenvalue weighted by molar-refractivity contribution is 5.93. The van der Waals surface area contributed by atoms with Gasteiger partial charge in [-0.3, -0.25) is 0 Å². The summed E-state index contributed by atoms with van der Waals surface area (Å²) in [5.74, 6) is 1.50. The SMILES string of the molecule is CCOC(=O)c1ccc2c(c1)nc(Cc1ccc(OC)cc1)n2CC. The van der Waals surface area contributed by atoms with E-state index >= 15 is 0 Å². The van der Waals surface area contributed by atoms with Crippen LogP contribution in [0.15, 0.2) is 42.5 Å². The maximum absolute atomic E-state index is 11.9. The predicted molar refractivity (Wildman–Crippen MR) is 97.2 cm³/mol. The zero-order valence-corrected chi connectivity index (χ0v) is 14.8. The van der Waals surface area contributed by atoms with Crippen molar-refractivity contribution in [3.05, 3.63) is 59.4 Å². The molecule has 0 aliphatic rings. The van der Waals surface area contributed by atoms with Gasteiger partial charge in [-0.1, -0.05) is 12.1 Å². The largest absolute Gasteiger partial charge is 0.497 e. The zero-order valence-electron chi connectivity index (χ0n) is 14.8. The summed E-state index contributed by atoms with van der Waals surface area (Å²) in [7, 11) is 1.66. The average Bonchev–Trinajstić information content (AvgIpc) is 2.98. The molecule has 3 rings (SSSR count). The summed E-state index contributed by atoms with van der Waals surface area (Å²) in [6.45, 7) is 5.08. The molecule has 0 amide bonds. The minimum Gasteiger partial charge on any atom is -0.497 e. The number of hydrogen-bond donors (Lipinski definition) is 0. The maximum atomic E-state index is 11.9. The Morgan fingerprint density at radius 2 is 1.88 bits per heavy atom. The molecule has 0 aliphatic heterocycles. The molecule has 3 aromatic rings. The lowest BCUT2D eigenvalue weighted by Gasteiger charge is -2.07. The van der Waals surface area contributed by atoms with Crippen molar-refractivity contribution in [2.24, 2.45) is 0 Å². The molecule has 0 fully saturated rings. The molecule has 0 unspecified atom stereocenters. The number of benzene rings is 2. The van der Waals surface area contributed by atoms with Gasteiger partial charge in [0.05, 0.1) is 30.3 Å². The van der Waals surface area contributed by atoms with E-state index in [1.807, 2.05) is 30.3 Å². The third-order valence-electron chi connectivity index (χ3n) is 4.18. The van der Waals surface area contributed by atoms with Gasteiger partial charge in [-0.2, -0.15) is 0 Å². The van der Waals surface area contributed by atoms with Gasteiger partial charge in [0, 0.05) is 13.0 Å². The summed E-state index contributed by atoms with van der Waals surface area (Å²) >= 11 is 0. The highest BCUT2D eigenvalue weighted by atomic mass is 16.5. The van der Waals surface area contributed by atoms with Crippen molar-refractivity contribution in [1.29, 1.82) is 0 Å². The van der Waals surface area contributed by atoms with Gasteiger partial charge in [-0.05, 0) is 49.7 Å². The van der Waals surface area contributed by atoms with Crippen molar-refractivity contribution in [3.63, 3.8) is 0 Å². The normalized spacial score (nSPS) is 10.8. The Morgan fingerprint density at radius 3 is 2.52 bits per heavy atom. The number of ether oxygens (including phenoxy) is 2. The summed E-state index contributed by atoms with van der Waals surface area (Å²) in [4.78, 5) is 16.7. The van der Waals surface area contributed by atoms with Crippen molar-refractivity contribution in [1.82, 2.24) is 9.55 Å². The van der Waals surface area contributed by atoms with E-state index < -0.39 is 0 Å². The van der Waals surface area contributed by atoms with E-state index in [2.05, 4.69) is 11.5 Å². The second-order valence-corrected chi connectivity index (χ2v) is 5.72. The lowest BCUT2D eigenvalue weighted by Crippen LogP contribution is -2.04. The van der Waals surface area contributed by atoms with Crippen molar-refractivity contribution >= 4 is 17.0 Å². The minimum absolute atomic E-state index is 0.313. The Bertz CT molecular complexity index is 882. The van der Waals surface area contributed by atoms with Gasteiger partial charge in [0.1, 0.15) is 11.6 Å². The topological polar surface area (TPSA) is 53.4 Å². The van der Waals surface area contributed by atoms with E-state index in [0.29, 0.717) is 12.2 Å². The van der Waals surface area contributed by atoms with Crippen LogP contribution in [0.25, 0.3) is 11.0 Å². The van der Waals surface area contributed by atoms with E-state index in [1.165, 1.54) is 0 Å². The number of imidazole rings is 1. The smallest absolute Gasteiger partial charge is 0.338 e. The van der Waals surface area contributed by atoms with Crippen LogP contribution in [0, 0.1) is 0 Å². The summed E-state index contributed by atoms with van der Waals surface area (Å²) in [6.07, 6.45) is 0.723. The number of aromatic nitrogens is 2. The molecule has 5 heteroatoms. The number of aryl methyl sites for hydroxylation is 1. The molecule has 5 nitrogen and oxygen atoms in total. The molecule has 0 radical (unpaired) electrons. The first-order valence-corrected chi connectivity index (χ1v) is 8.45. The van der Waals surface area contributed by atoms with Crippen molar-refractivity contribution < 1.29 is 14.3 Å². The molecule has 1 aromatic heterocycles. The number of nitrogens with zero attached hydrogens (tertiary/aromatic N) is 2. The van der Waals surface area contributed by atoms with Crippen molar-refractivity contribution in [2.75, 3.05) is 13.7 Å². The van der Waals surface area contributed by atoms with E-state index in [1.54, 1.807) is 26.2 Å². The van der Waals surface area contributed by atoms with Crippen LogP contribution in [0.4, 0.5) is 0 Å². The molecule has 25 heavy (non-hydrogen) atoms. The molecular weight excluding hydrogens is 316 g/mol. The monoisotopic (exact) mass is 338 g/mol. The van der Waals surface area contributed by atoms with Crippen LogP contribution >= 0.6 is 0 Å². The van der Waals surface area contributed by atoms with Crippen molar-refractivity contribution in [2.45, 2.75) is 26.8 Å². The molecule has 0 aliphatic carbocycles. The lowest BCUT2D eigenvalue weighted by atomic mass is 10.1. The van der Waals surface area contributed by atoms with Crippen LogP contribution in [-0.2, 0) is 17.7 Å². The minimum atomic E-state index is -0.313. The highest BCUT2D eigenvalue weighted by Crippen LogP contribution is 2.21. The molecule has 0 spiro atoms. The molecule has 0 bridgehead atoms. The van der Waals surface area contributed by atoms with E-state index in [4.69, 9.17) is 14.5 Å². The first kappa shape index (κ1) is 17.0. The molecule has 0 N–H and O–H groups in total. The Balaban J connectivity index is 1.95. The number of carbonyl (C=O) groups excluding carboxylic acids is 1. The third kappa shape index (κ3) is 3.50. The van der Waals surface area contributed by atoms with Gasteiger partial charge < -0.3 is 14.0 Å². The van der Waals surface area contributed by atoms with Gasteiger partial charge in [0.25, 0.3) is 0 Å². The first-order chi connectivity index (χ1) is 12.2. The van der Waals surface area contributed by atoms with Gasteiger partial charge in [-0.15, -0.1) is 0 Å². The maximum Gasteiger partial charge on any atom is 0.338 e. The molecule has 0 saturated heterocycles. The van der Waals surface area contributed by atoms with Crippen LogP contribution in [0.1, 0.15) is 35.6 Å². The molecule has 2 aromatic carbocycles. The van der Waals surface area contributed by atoms with E-state index in [9.17, 15) is 4.79 Å². The summed E-state index contributed by atoms with van der Waals surface area (Å²) in [5.41, 5.74) is 3.54. The summed E-state index contributed by atoms with van der Waals surface area (Å²) < 4.78 is 12.5. The average molecular weight is 338 g/mol. The first-order valence-electron chi connectivity index (χ1n) is 8.45. The lowest BCUT2D eigenvalue weighted by molar-refractivity contribution is 0.0526. The van der Waals surface area contributed by atoms with Crippen LogP contribution in [0.2, 0.25) is 0 Å². The number of esters is 1. The number of carbonyl (C=O) groups is 1. The fraction of sp³-hybridized carbons (Fsp3) is 0.300. The summed E-state index contributed by atoms with van der Waals surface area (Å²) in [5, 5.41) is 0. The number of fused-ring (bicyclic) bond motifs is 1. The molecule has 0 atom stereocenters. The highest BCUT2D eigenvalue weighted by Gasteiger charge is 2.13. The van der Waals surface area contributed by atoms with Gasteiger partial charge in [0.15, 0.2) is 0 Å². The van der Waals surface area contributed by atoms with Gasteiger partial charge in [-0.25, -0.2) is 9.78 Å². The van der Waals surface area contributed by atoms with E-state index in [-0.39, 0.29) is 5.97 Å². The predicted octanol–water partition coefficient (Wildman–Crippen LogP) is 3.83. The fourth-order valence-corrected chi connectivity index (χ4v) is 2.93. The Kier molecular flexibility index (Phi) is 5.03. The Morgan fingerprint density at radius 1 is 1.12 bits per heavy atom. The van der Waals surface area contributed by atoms with E-state index in [0.717, 1.165) is 41.1 Å². The van der Waals surface area contributed by atoms with Crippen LogP contribution in [0.3, 0.4) is 0 Å². The van der Waals surface area contributed by atoms with Crippen LogP contribution in [-0.4, -0.2) is 29.2 Å². The molecule has 1 heterocycles. The second kappa shape index (κ2) is 7.38. The quantitative estimate of drug-likeness (QED) is 0.641. The van der Waals surface area contributed by atoms with Gasteiger partial charge >= 0.3 is 5.97 Å². The molecule has 130 valence electrons.